The van der Waals surface area contributed by atoms with Crippen molar-refractivity contribution in [1.29, 1.82) is 0 Å². The zero-order valence-electron chi connectivity index (χ0n) is 9.09. The summed E-state index contributed by atoms with van der Waals surface area (Å²) < 4.78 is 5.15. The molecule has 3 heteroatoms. The number of rotatable bonds is 4. The molecule has 0 aromatic heterocycles. The molecule has 1 N–H and O–H groups in total. The first kappa shape index (κ1) is 10.7. The van der Waals surface area contributed by atoms with Crippen LogP contribution in [0.1, 0.15) is 17.9 Å². The minimum atomic E-state index is -0.878. The van der Waals surface area contributed by atoms with E-state index in [1.54, 1.807) is 13.2 Å². The number of carboxylic acids is 1. The number of ether oxygens (including phenoxy) is 1. The number of aliphatic carboxylic acids is 1. The molecule has 1 aliphatic carbocycles. The summed E-state index contributed by atoms with van der Waals surface area (Å²) in [5.41, 5.74) is 1.22. The third-order valence-electron chi connectivity index (χ3n) is 2.85. The maximum absolute atomic E-state index is 10.4. The van der Waals surface area contributed by atoms with Crippen molar-refractivity contribution in [2.45, 2.75) is 12.3 Å². The Morgan fingerprint density at radius 3 is 3.06 bits per heavy atom. The molecule has 0 heterocycles. The maximum Gasteiger partial charge on any atom is 0.327 e. The van der Waals surface area contributed by atoms with Crippen LogP contribution < -0.4 is 4.74 Å². The molecule has 1 saturated carbocycles. The van der Waals surface area contributed by atoms with Crippen LogP contribution in [-0.2, 0) is 4.79 Å². The summed E-state index contributed by atoms with van der Waals surface area (Å²) in [4.78, 5) is 10.4. The molecule has 0 amide bonds. The number of benzene rings is 1. The van der Waals surface area contributed by atoms with E-state index in [2.05, 4.69) is 6.07 Å². The van der Waals surface area contributed by atoms with Gasteiger partial charge in [-0.3, -0.25) is 0 Å². The molecule has 1 aliphatic rings. The highest BCUT2D eigenvalue weighted by molar-refractivity contribution is 5.79. The second-order valence-corrected chi connectivity index (χ2v) is 3.98. The molecule has 2 rings (SSSR count). The Labute approximate surface area is 94.4 Å². The fourth-order valence-corrected chi connectivity index (χ4v) is 1.89. The quantitative estimate of drug-likeness (QED) is 0.789. The molecule has 2 atom stereocenters. The van der Waals surface area contributed by atoms with Crippen LogP contribution in [0.5, 0.6) is 5.75 Å². The highest BCUT2D eigenvalue weighted by Crippen LogP contribution is 2.48. The topological polar surface area (TPSA) is 46.5 Å². The Bertz CT molecular complexity index is 423. The van der Waals surface area contributed by atoms with Crippen molar-refractivity contribution in [3.63, 3.8) is 0 Å². The van der Waals surface area contributed by atoms with E-state index in [1.165, 1.54) is 11.6 Å². The summed E-state index contributed by atoms with van der Waals surface area (Å²) in [6.07, 6.45) is 4.02. The third kappa shape index (κ3) is 2.42. The van der Waals surface area contributed by atoms with Crippen LogP contribution in [0.15, 0.2) is 36.4 Å². The van der Waals surface area contributed by atoms with Gasteiger partial charge in [0.2, 0.25) is 0 Å². The maximum atomic E-state index is 10.4. The highest BCUT2D eigenvalue weighted by atomic mass is 16.5. The zero-order valence-corrected chi connectivity index (χ0v) is 9.09. The molecule has 84 valence electrons. The van der Waals surface area contributed by atoms with Crippen molar-refractivity contribution < 1.29 is 14.6 Å². The van der Waals surface area contributed by atoms with Crippen molar-refractivity contribution in [2.24, 2.45) is 5.92 Å². The van der Waals surface area contributed by atoms with Gasteiger partial charge in [-0.1, -0.05) is 18.2 Å². The largest absolute Gasteiger partial charge is 0.497 e. The summed E-state index contributed by atoms with van der Waals surface area (Å²) in [5, 5.41) is 8.52. The van der Waals surface area contributed by atoms with Crippen molar-refractivity contribution in [2.75, 3.05) is 7.11 Å². The van der Waals surface area contributed by atoms with Gasteiger partial charge in [0, 0.05) is 6.08 Å². The van der Waals surface area contributed by atoms with Gasteiger partial charge < -0.3 is 9.84 Å². The van der Waals surface area contributed by atoms with E-state index < -0.39 is 5.97 Å². The van der Waals surface area contributed by atoms with E-state index in [-0.39, 0.29) is 0 Å². The van der Waals surface area contributed by atoms with Crippen LogP contribution in [0.3, 0.4) is 0 Å². The monoisotopic (exact) mass is 218 g/mol. The second-order valence-electron chi connectivity index (χ2n) is 3.98. The lowest BCUT2D eigenvalue weighted by molar-refractivity contribution is -0.131. The minimum absolute atomic E-state index is 0.364. The van der Waals surface area contributed by atoms with E-state index in [9.17, 15) is 4.79 Å². The van der Waals surface area contributed by atoms with Gasteiger partial charge in [0.05, 0.1) is 7.11 Å². The Balaban J connectivity index is 2.02. The lowest BCUT2D eigenvalue weighted by atomic mass is 10.1. The van der Waals surface area contributed by atoms with Crippen molar-refractivity contribution >= 4 is 5.97 Å². The Kier molecular flexibility index (Phi) is 2.95. The average Bonchev–Trinajstić information content (AvgIpc) is 3.06. The summed E-state index contributed by atoms with van der Waals surface area (Å²) in [6, 6.07) is 7.94. The molecular formula is C13H14O3. The fraction of sp³-hybridized carbons (Fsp3) is 0.308. The van der Waals surface area contributed by atoms with Gasteiger partial charge in [0.15, 0.2) is 0 Å². The zero-order chi connectivity index (χ0) is 11.5. The number of hydrogen-bond donors (Lipinski definition) is 1. The van der Waals surface area contributed by atoms with Crippen molar-refractivity contribution in [1.82, 2.24) is 0 Å². The lowest BCUT2D eigenvalue weighted by Crippen LogP contribution is -1.88. The predicted molar refractivity (Wildman–Crippen MR) is 60.6 cm³/mol. The SMILES string of the molecule is COc1cccc(C2CC2/C=C/C(=O)O)c1. The van der Waals surface area contributed by atoms with E-state index >= 15 is 0 Å². The van der Waals surface area contributed by atoms with Gasteiger partial charge in [-0.15, -0.1) is 0 Å². The summed E-state index contributed by atoms with van der Waals surface area (Å²) in [7, 11) is 1.65. The molecule has 16 heavy (non-hydrogen) atoms. The van der Waals surface area contributed by atoms with E-state index in [4.69, 9.17) is 9.84 Å². The molecule has 0 radical (unpaired) electrons. The molecule has 1 fully saturated rings. The Hall–Kier alpha value is -1.77. The smallest absolute Gasteiger partial charge is 0.327 e. The van der Waals surface area contributed by atoms with Crippen LogP contribution >= 0.6 is 0 Å². The first-order valence-electron chi connectivity index (χ1n) is 5.26. The molecule has 0 bridgehead atoms. The van der Waals surface area contributed by atoms with Crippen LogP contribution in [0, 0.1) is 5.92 Å². The van der Waals surface area contributed by atoms with E-state index in [0.29, 0.717) is 11.8 Å². The summed E-state index contributed by atoms with van der Waals surface area (Å²) >= 11 is 0. The van der Waals surface area contributed by atoms with Crippen molar-refractivity contribution in [3.8, 4) is 5.75 Å². The van der Waals surface area contributed by atoms with E-state index in [1.807, 2.05) is 18.2 Å². The van der Waals surface area contributed by atoms with Gasteiger partial charge in [0.1, 0.15) is 5.75 Å². The lowest BCUT2D eigenvalue weighted by Gasteiger charge is -2.02. The van der Waals surface area contributed by atoms with Crippen molar-refractivity contribution in [3.05, 3.63) is 42.0 Å². The second kappa shape index (κ2) is 4.39. The minimum Gasteiger partial charge on any atom is -0.497 e. The number of carboxylic acid groups (broad SMARTS) is 1. The van der Waals surface area contributed by atoms with Crippen LogP contribution in [-0.4, -0.2) is 18.2 Å². The molecule has 0 spiro atoms. The molecule has 2 unspecified atom stereocenters. The number of allylic oxidation sites excluding steroid dienone is 1. The van der Waals surface area contributed by atoms with Crippen LogP contribution in [0.4, 0.5) is 0 Å². The molecular weight excluding hydrogens is 204 g/mol. The molecule has 0 saturated heterocycles. The number of hydrogen-bond acceptors (Lipinski definition) is 2. The average molecular weight is 218 g/mol. The van der Waals surface area contributed by atoms with Gasteiger partial charge in [0.25, 0.3) is 0 Å². The first-order chi connectivity index (χ1) is 7.70. The molecule has 1 aromatic rings. The molecule has 0 aliphatic heterocycles. The fourth-order valence-electron chi connectivity index (χ4n) is 1.89. The Morgan fingerprint density at radius 2 is 2.38 bits per heavy atom. The Morgan fingerprint density at radius 1 is 1.56 bits per heavy atom. The van der Waals surface area contributed by atoms with Crippen LogP contribution in [0.25, 0.3) is 0 Å². The first-order valence-corrected chi connectivity index (χ1v) is 5.26. The summed E-state index contributed by atoms with van der Waals surface area (Å²) in [6.45, 7) is 0. The van der Waals surface area contributed by atoms with Gasteiger partial charge in [-0.25, -0.2) is 4.79 Å². The highest BCUT2D eigenvalue weighted by Gasteiger charge is 2.36. The van der Waals surface area contributed by atoms with Gasteiger partial charge in [-0.2, -0.15) is 0 Å². The third-order valence-corrected chi connectivity index (χ3v) is 2.85. The van der Waals surface area contributed by atoms with Crippen LogP contribution in [0.2, 0.25) is 0 Å². The number of methoxy groups -OCH3 is 1. The van der Waals surface area contributed by atoms with E-state index in [0.717, 1.165) is 12.2 Å². The molecule has 3 nitrogen and oxygen atoms in total. The standard InChI is InChI=1S/C13H14O3/c1-16-11-4-2-3-9(7-11)12-8-10(12)5-6-13(14)15/h2-7,10,12H,8H2,1H3,(H,14,15)/b6-5+. The summed E-state index contributed by atoms with van der Waals surface area (Å²) in [5.74, 6) is 0.788. The van der Waals surface area contributed by atoms with Gasteiger partial charge in [-0.05, 0) is 36.0 Å². The predicted octanol–water partition coefficient (Wildman–Crippen LogP) is 2.44. The normalized spacial score (nSPS) is 23.3. The van der Waals surface area contributed by atoms with Gasteiger partial charge >= 0.3 is 5.97 Å². The number of carbonyl (C=O) groups is 1. The molecule has 1 aromatic carbocycles.